The predicted octanol–water partition coefficient (Wildman–Crippen LogP) is 6.52. The van der Waals surface area contributed by atoms with Crippen LogP contribution in [0.15, 0.2) is 42.6 Å². The van der Waals surface area contributed by atoms with Crippen LogP contribution < -0.4 is 5.32 Å². The Labute approximate surface area is 295 Å². The minimum Gasteiger partial charge on any atom is -0.481 e. The maximum atomic E-state index is 14.8. The number of likely N-dealkylation sites (tertiary alicyclic amines) is 2. The van der Waals surface area contributed by atoms with Gasteiger partial charge in [-0.1, -0.05) is 41.4 Å². The van der Waals surface area contributed by atoms with E-state index < -0.39 is 30.0 Å². The number of para-hydroxylation sites is 1. The number of nitrogens with zero attached hydrogens (tertiary/aromatic N) is 3. The monoisotopic (exact) mass is 716 g/mol. The number of hydrogen-bond acceptors (Lipinski definition) is 7. The number of aliphatic carboxylic acids is 1. The molecule has 2 N–H and O–H groups in total. The van der Waals surface area contributed by atoms with Gasteiger partial charge in [-0.2, -0.15) is 0 Å². The molecule has 0 radical (unpaired) electrons. The van der Waals surface area contributed by atoms with Crippen LogP contribution in [0.25, 0.3) is 10.9 Å². The first-order chi connectivity index (χ1) is 23.5. The smallest absolute Gasteiger partial charge is 0.306 e. The van der Waals surface area contributed by atoms with Gasteiger partial charge in [0, 0.05) is 74.8 Å². The number of ketones is 1. The number of Topliss-reactive ketones (excluding diaryl/α,β-unsaturated/α-hetero) is 1. The second-order valence-electron chi connectivity index (χ2n) is 13.5. The minimum absolute atomic E-state index is 0.123. The highest BCUT2D eigenvalue weighted by Gasteiger charge is 2.55. The molecular weight excluding hydrogens is 674 g/mol. The maximum Gasteiger partial charge on any atom is 0.306 e. The van der Waals surface area contributed by atoms with Crippen LogP contribution in [0, 0.1) is 11.8 Å². The molecule has 1 aliphatic carbocycles. The number of fused-ring (bicyclic) bond motifs is 1. The Hall–Kier alpha value is -3.06. The summed E-state index contributed by atoms with van der Waals surface area (Å²) in [5.41, 5.74) is 2.19. The molecule has 49 heavy (non-hydrogen) atoms. The van der Waals surface area contributed by atoms with E-state index in [1.807, 2.05) is 40.8 Å². The highest BCUT2D eigenvalue weighted by Crippen LogP contribution is 2.40. The Morgan fingerprint density at radius 2 is 1.73 bits per heavy atom. The Balaban J connectivity index is 1.28. The van der Waals surface area contributed by atoms with E-state index in [1.165, 1.54) is 7.11 Å². The molecule has 0 spiro atoms. The van der Waals surface area contributed by atoms with Gasteiger partial charge in [-0.15, -0.1) is 0 Å². The van der Waals surface area contributed by atoms with Crippen molar-refractivity contribution in [2.45, 2.75) is 69.7 Å². The summed E-state index contributed by atoms with van der Waals surface area (Å²) in [6.07, 6.45) is 3.96. The van der Waals surface area contributed by atoms with E-state index in [2.05, 4.69) is 10.2 Å². The molecule has 2 aliphatic heterocycles. The molecule has 3 aliphatic rings. The number of aryl methyl sites for hydroxylation is 1. The van der Waals surface area contributed by atoms with Gasteiger partial charge in [-0.25, -0.2) is 4.39 Å². The molecule has 264 valence electrons. The van der Waals surface area contributed by atoms with Crippen LogP contribution in [0.2, 0.25) is 10.0 Å². The van der Waals surface area contributed by atoms with Crippen molar-refractivity contribution in [1.29, 1.82) is 0 Å². The van der Waals surface area contributed by atoms with Crippen molar-refractivity contribution < 1.29 is 33.4 Å². The van der Waals surface area contributed by atoms with Crippen LogP contribution >= 0.6 is 23.2 Å². The highest BCUT2D eigenvalue weighted by molar-refractivity contribution is 6.36. The van der Waals surface area contributed by atoms with Gasteiger partial charge in [0.25, 0.3) is 5.91 Å². The fourth-order valence-electron chi connectivity index (χ4n) is 7.74. The first kappa shape index (κ1) is 35.8. The third-order valence-electron chi connectivity index (χ3n) is 10.4. The number of nitrogens with one attached hydrogen (secondary N) is 1. The van der Waals surface area contributed by atoms with Crippen molar-refractivity contribution >= 4 is 57.5 Å². The first-order valence-electron chi connectivity index (χ1n) is 17.0. The minimum atomic E-state index is -1.50. The lowest BCUT2D eigenvalue weighted by Gasteiger charge is -2.48. The van der Waals surface area contributed by atoms with Crippen molar-refractivity contribution in [3.05, 3.63) is 63.8 Å². The zero-order chi connectivity index (χ0) is 34.9. The molecule has 1 amide bonds. The lowest BCUT2D eigenvalue weighted by molar-refractivity contribution is -0.253. The number of amides is 1. The molecule has 10 nitrogen and oxygen atoms in total. The number of carboxylic acid groups (broad SMARTS) is 1. The second kappa shape index (κ2) is 15.0. The predicted molar refractivity (Wildman–Crippen MR) is 186 cm³/mol. The van der Waals surface area contributed by atoms with Gasteiger partial charge in [0.1, 0.15) is 0 Å². The van der Waals surface area contributed by atoms with E-state index in [0.717, 1.165) is 23.7 Å². The first-order valence-corrected chi connectivity index (χ1v) is 17.7. The van der Waals surface area contributed by atoms with E-state index in [-0.39, 0.29) is 40.8 Å². The SMILES string of the molecule is COC(F)[C@H]1CCN(C(OC2CCC(C(=O)O)CC2)(C(=O)Cc2cc(Cl)c(NC(=O)c3cn(C)c4ccccc34)cc2Cl)N2CCCC2)C1. The summed E-state index contributed by atoms with van der Waals surface area (Å²) in [5, 5.41) is 13.7. The summed E-state index contributed by atoms with van der Waals surface area (Å²) in [6, 6.07) is 10.8. The number of carboxylic acids is 1. The molecule has 6 rings (SSSR count). The van der Waals surface area contributed by atoms with E-state index in [9.17, 15) is 23.9 Å². The van der Waals surface area contributed by atoms with Crippen molar-refractivity contribution in [3.8, 4) is 0 Å². The van der Waals surface area contributed by atoms with E-state index in [0.29, 0.717) is 68.6 Å². The molecular formula is C36H43Cl2FN4O6. The molecule has 2 unspecified atom stereocenters. The molecule has 2 saturated heterocycles. The third-order valence-corrected chi connectivity index (χ3v) is 11.0. The number of anilines is 1. The molecule has 3 heterocycles. The van der Waals surface area contributed by atoms with Crippen molar-refractivity contribution in [2.24, 2.45) is 18.9 Å². The number of aromatic nitrogens is 1. The summed E-state index contributed by atoms with van der Waals surface area (Å²) in [6.45, 7) is 1.92. The molecule has 13 heteroatoms. The Bertz CT molecular complexity index is 1710. The van der Waals surface area contributed by atoms with Crippen LogP contribution in [0.5, 0.6) is 0 Å². The Morgan fingerprint density at radius 1 is 1.02 bits per heavy atom. The largest absolute Gasteiger partial charge is 0.481 e. The molecule has 1 aromatic heterocycles. The number of ether oxygens (including phenoxy) is 2. The standard InChI is InChI=1S/C36H43Cl2FN4O6/c1-41-21-27(26-7-3-4-8-31(26)41)34(45)40-30-19-28(37)24(17-29(30)38)18-32(44)36(42-14-5-6-15-42,43-16-13-23(20-43)33(39)48-2)49-25-11-9-22(10-12-25)35(46)47/h3-4,7-8,17,19,21-23,25,33H,5-6,9-16,18,20H2,1-2H3,(H,40,45)(H,46,47)/t22?,23-,25?,33?,36?/m0/s1. The van der Waals surface area contributed by atoms with Crippen molar-refractivity contribution in [2.75, 3.05) is 38.6 Å². The molecule has 2 aromatic carbocycles. The van der Waals surface area contributed by atoms with Gasteiger partial charge in [0.15, 0.2) is 5.78 Å². The fourth-order valence-corrected chi connectivity index (χ4v) is 8.20. The topological polar surface area (TPSA) is 113 Å². The Morgan fingerprint density at radius 3 is 2.43 bits per heavy atom. The number of rotatable bonds is 12. The summed E-state index contributed by atoms with van der Waals surface area (Å²) in [4.78, 5) is 43.9. The lowest BCUT2D eigenvalue weighted by Crippen LogP contribution is -2.67. The van der Waals surface area contributed by atoms with Crippen LogP contribution in [0.1, 0.15) is 60.9 Å². The number of carbonyl (C=O) groups is 3. The average Bonchev–Trinajstić information content (AvgIpc) is 3.88. The van der Waals surface area contributed by atoms with Crippen LogP contribution in [0.4, 0.5) is 10.1 Å². The van der Waals surface area contributed by atoms with E-state index in [1.54, 1.807) is 18.3 Å². The molecule has 3 fully saturated rings. The highest BCUT2D eigenvalue weighted by atomic mass is 35.5. The summed E-state index contributed by atoms with van der Waals surface area (Å²) < 4.78 is 28.6. The molecule has 3 atom stereocenters. The lowest BCUT2D eigenvalue weighted by atomic mass is 9.87. The van der Waals surface area contributed by atoms with Gasteiger partial charge in [0.05, 0.1) is 28.3 Å². The number of benzene rings is 2. The van der Waals surface area contributed by atoms with E-state index in [4.69, 9.17) is 32.7 Å². The van der Waals surface area contributed by atoms with Crippen molar-refractivity contribution in [3.63, 3.8) is 0 Å². The zero-order valence-corrected chi connectivity index (χ0v) is 29.3. The van der Waals surface area contributed by atoms with Crippen LogP contribution in [-0.2, 0) is 32.5 Å². The Kier molecular flexibility index (Phi) is 11.0. The number of hydrogen-bond donors (Lipinski definition) is 2. The van der Waals surface area contributed by atoms with Gasteiger partial charge in [-0.05, 0) is 68.7 Å². The number of halogens is 3. The van der Waals surface area contributed by atoms with Crippen LogP contribution in [0.3, 0.4) is 0 Å². The quantitative estimate of drug-likeness (QED) is 0.218. The van der Waals surface area contributed by atoms with Gasteiger partial charge in [-0.3, -0.25) is 24.2 Å². The van der Waals surface area contributed by atoms with Crippen LogP contribution in [-0.4, -0.2) is 88.7 Å². The second-order valence-corrected chi connectivity index (χ2v) is 14.3. The summed E-state index contributed by atoms with van der Waals surface area (Å²) >= 11 is 13.5. The van der Waals surface area contributed by atoms with Gasteiger partial charge < -0.3 is 24.5 Å². The number of methoxy groups -OCH3 is 1. The molecule has 1 saturated carbocycles. The maximum absolute atomic E-state index is 14.8. The fraction of sp³-hybridized carbons (Fsp3) is 0.528. The summed E-state index contributed by atoms with van der Waals surface area (Å²) in [5.74, 6) is -3.80. The number of alkyl halides is 1. The van der Waals surface area contributed by atoms with Crippen molar-refractivity contribution in [1.82, 2.24) is 14.4 Å². The zero-order valence-electron chi connectivity index (χ0n) is 27.8. The van der Waals surface area contributed by atoms with E-state index >= 15 is 0 Å². The third kappa shape index (κ3) is 7.25. The molecule has 0 bridgehead atoms. The summed E-state index contributed by atoms with van der Waals surface area (Å²) in [7, 11) is 3.21. The van der Waals surface area contributed by atoms with Gasteiger partial charge >= 0.3 is 5.97 Å². The normalized spacial score (nSPS) is 23.8. The van der Waals surface area contributed by atoms with Gasteiger partial charge in [0.2, 0.25) is 12.2 Å². The molecule has 3 aromatic rings. The number of carbonyl (C=O) groups excluding carboxylic acids is 2. The average molecular weight is 718 g/mol.